The number of allylic oxidation sites excluding steroid dienone is 6. The molecule has 4 rings (SSSR count). The summed E-state index contributed by atoms with van der Waals surface area (Å²) < 4.78 is 0. The number of carbonyl (C=O) groups excluding carboxylic acids is 2. The molecule has 2 saturated carbocycles. The second-order valence-corrected chi connectivity index (χ2v) is 9.90. The van der Waals surface area contributed by atoms with Crippen LogP contribution in [0.5, 0.6) is 0 Å². The van der Waals surface area contributed by atoms with Crippen LogP contribution in [0.3, 0.4) is 0 Å². The van der Waals surface area contributed by atoms with Crippen LogP contribution in [-0.2, 0) is 9.59 Å². The third-order valence-electron chi connectivity index (χ3n) is 7.69. The van der Waals surface area contributed by atoms with Gasteiger partial charge in [0.2, 0.25) is 0 Å². The van der Waals surface area contributed by atoms with Gasteiger partial charge in [0.05, 0.1) is 0 Å². The summed E-state index contributed by atoms with van der Waals surface area (Å²) in [6.45, 7) is 3.55. The first-order valence-electron chi connectivity index (χ1n) is 9.33. The molecule has 0 aromatic carbocycles. The molecule has 0 radical (unpaired) electrons. The maximum Gasteiger partial charge on any atom is 0.190 e. The van der Waals surface area contributed by atoms with Gasteiger partial charge in [-0.2, -0.15) is 0 Å². The predicted octanol–water partition coefficient (Wildman–Crippen LogP) is 2.88. The molecule has 0 bridgehead atoms. The molecular weight excluding hydrogens is 396 g/mol. The number of fused-ring (bicyclic) bond motifs is 5. The number of hydrogen-bond acceptors (Lipinski definition) is 4. The van der Waals surface area contributed by atoms with Gasteiger partial charge >= 0.3 is 0 Å². The summed E-state index contributed by atoms with van der Waals surface area (Å²) in [6, 6.07) is 0. The molecule has 0 unspecified atom stereocenters. The van der Waals surface area contributed by atoms with Crippen molar-refractivity contribution in [3.63, 3.8) is 0 Å². The van der Waals surface area contributed by atoms with E-state index in [4.69, 9.17) is 0 Å². The molecule has 0 aromatic rings. The number of halogens is 1. The molecule has 0 aliphatic heterocycles. The Labute approximate surface area is 162 Å². The predicted molar refractivity (Wildman–Crippen MR) is 102 cm³/mol. The van der Waals surface area contributed by atoms with Crippen LogP contribution in [0, 0.1) is 22.7 Å². The number of ketones is 2. The SMILES string of the molecule is C[C@]12C=CC(=O)C=C1C[C@@H](Br)[C@@H]1C2=CC[C@@]2(C)[C@H]1CC[C@]2(O)C(=O)CO. The zero-order chi connectivity index (χ0) is 18.9. The average molecular weight is 421 g/mol. The third-order valence-corrected chi connectivity index (χ3v) is 8.59. The lowest BCUT2D eigenvalue weighted by Crippen LogP contribution is -2.56. The molecule has 5 heteroatoms. The van der Waals surface area contributed by atoms with Crippen LogP contribution in [0.15, 0.2) is 35.5 Å². The highest BCUT2D eigenvalue weighted by atomic mass is 79.9. The Bertz CT molecular complexity index is 781. The smallest absolute Gasteiger partial charge is 0.190 e. The van der Waals surface area contributed by atoms with E-state index in [1.165, 1.54) is 5.57 Å². The molecular formula is C21H25BrO4. The molecule has 0 aromatic heterocycles. The van der Waals surface area contributed by atoms with Gasteiger partial charge in [0.1, 0.15) is 12.2 Å². The Morgan fingerprint density at radius 3 is 2.81 bits per heavy atom. The van der Waals surface area contributed by atoms with E-state index in [1.807, 2.05) is 13.0 Å². The minimum Gasteiger partial charge on any atom is -0.388 e. The van der Waals surface area contributed by atoms with E-state index in [9.17, 15) is 19.8 Å². The molecule has 0 amide bonds. The maximum atomic E-state index is 12.4. The molecule has 4 nitrogen and oxygen atoms in total. The third kappa shape index (κ3) is 2.14. The molecule has 2 N–H and O–H groups in total. The van der Waals surface area contributed by atoms with Crippen LogP contribution in [0.25, 0.3) is 0 Å². The normalized spacial score (nSPS) is 46.8. The fourth-order valence-electron chi connectivity index (χ4n) is 6.06. The summed E-state index contributed by atoms with van der Waals surface area (Å²) in [7, 11) is 0. The topological polar surface area (TPSA) is 74.6 Å². The molecule has 0 saturated heterocycles. The van der Waals surface area contributed by atoms with Gasteiger partial charge in [-0.05, 0) is 56.6 Å². The number of alkyl halides is 1. The minimum atomic E-state index is -1.46. The summed E-state index contributed by atoms with van der Waals surface area (Å²) in [5.74, 6) is -0.0528. The Balaban J connectivity index is 1.81. The van der Waals surface area contributed by atoms with Crippen LogP contribution in [0.4, 0.5) is 0 Å². The molecule has 0 spiro atoms. The summed E-state index contributed by atoms with van der Waals surface area (Å²) >= 11 is 3.86. The first-order valence-corrected chi connectivity index (χ1v) is 10.2. The fourth-order valence-corrected chi connectivity index (χ4v) is 7.06. The van der Waals surface area contributed by atoms with Crippen molar-refractivity contribution in [3.8, 4) is 0 Å². The number of aliphatic hydroxyl groups is 2. The van der Waals surface area contributed by atoms with Gasteiger partial charge < -0.3 is 10.2 Å². The fraction of sp³-hybridized carbons (Fsp3) is 0.619. The van der Waals surface area contributed by atoms with Gasteiger partial charge in [-0.1, -0.05) is 46.2 Å². The van der Waals surface area contributed by atoms with Crippen molar-refractivity contribution in [1.82, 2.24) is 0 Å². The molecule has 2 fully saturated rings. The Hall–Kier alpha value is -1.04. The van der Waals surface area contributed by atoms with Gasteiger partial charge in [-0.3, -0.25) is 9.59 Å². The van der Waals surface area contributed by atoms with Crippen molar-refractivity contribution in [2.45, 2.75) is 50.0 Å². The monoisotopic (exact) mass is 420 g/mol. The number of Topliss-reactive ketones (excluding diaryl/α,β-unsaturated/α-hetero) is 1. The van der Waals surface area contributed by atoms with E-state index < -0.39 is 23.4 Å². The highest BCUT2D eigenvalue weighted by molar-refractivity contribution is 9.09. The van der Waals surface area contributed by atoms with Crippen molar-refractivity contribution in [3.05, 3.63) is 35.5 Å². The molecule has 4 aliphatic carbocycles. The Morgan fingerprint density at radius 2 is 2.12 bits per heavy atom. The number of aliphatic hydroxyl groups excluding tert-OH is 1. The van der Waals surface area contributed by atoms with Crippen molar-refractivity contribution in [1.29, 1.82) is 0 Å². The number of carbonyl (C=O) groups is 2. The van der Waals surface area contributed by atoms with E-state index in [0.717, 1.165) is 18.4 Å². The molecule has 0 heterocycles. The first kappa shape index (κ1) is 18.3. The van der Waals surface area contributed by atoms with E-state index >= 15 is 0 Å². The zero-order valence-electron chi connectivity index (χ0n) is 15.2. The van der Waals surface area contributed by atoms with Crippen LogP contribution in [0.1, 0.15) is 39.5 Å². The number of hydrogen-bond donors (Lipinski definition) is 2. The summed E-state index contributed by atoms with van der Waals surface area (Å²) in [4.78, 5) is 24.4. The van der Waals surface area contributed by atoms with Crippen molar-refractivity contribution >= 4 is 27.5 Å². The molecule has 4 aliphatic rings. The van der Waals surface area contributed by atoms with Crippen LogP contribution >= 0.6 is 15.9 Å². The summed E-state index contributed by atoms with van der Waals surface area (Å²) in [5, 5.41) is 20.6. The van der Waals surface area contributed by atoms with Gasteiger partial charge in [0.15, 0.2) is 11.6 Å². The van der Waals surface area contributed by atoms with Crippen molar-refractivity contribution in [2.75, 3.05) is 6.61 Å². The van der Waals surface area contributed by atoms with E-state index in [0.29, 0.717) is 12.8 Å². The van der Waals surface area contributed by atoms with Crippen LogP contribution < -0.4 is 0 Å². The highest BCUT2D eigenvalue weighted by Gasteiger charge is 2.65. The Morgan fingerprint density at radius 1 is 1.38 bits per heavy atom. The van der Waals surface area contributed by atoms with Crippen molar-refractivity contribution in [2.24, 2.45) is 22.7 Å². The molecule has 140 valence electrons. The van der Waals surface area contributed by atoms with E-state index in [1.54, 1.807) is 12.2 Å². The first-order chi connectivity index (χ1) is 12.2. The van der Waals surface area contributed by atoms with E-state index in [-0.39, 0.29) is 27.9 Å². The average Bonchev–Trinajstić information content (AvgIpc) is 2.88. The molecule has 26 heavy (non-hydrogen) atoms. The number of rotatable bonds is 2. The van der Waals surface area contributed by atoms with Crippen molar-refractivity contribution < 1.29 is 19.8 Å². The second-order valence-electron chi connectivity index (χ2n) is 8.72. The van der Waals surface area contributed by atoms with E-state index in [2.05, 4.69) is 28.9 Å². The lowest BCUT2D eigenvalue weighted by Gasteiger charge is -2.55. The maximum absolute atomic E-state index is 12.4. The lowest BCUT2D eigenvalue weighted by molar-refractivity contribution is -0.155. The largest absolute Gasteiger partial charge is 0.388 e. The Kier molecular flexibility index (Phi) is 4.04. The quantitative estimate of drug-likeness (QED) is 0.531. The summed E-state index contributed by atoms with van der Waals surface area (Å²) in [5.41, 5.74) is 0.141. The van der Waals surface area contributed by atoms with Crippen LogP contribution in [0.2, 0.25) is 0 Å². The standard InChI is InChI=1S/C21H25BrO4/c1-19-6-3-13(24)9-12(19)10-16(22)18-14(19)4-7-20(2)15(18)5-8-21(20,26)17(25)11-23/h3-4,6,9,15-16,18,23,26H,5,7-8,10-11H2,1-2H3/t15-,16+,18+,19-,20-,21-/m0/s1. The molecule has 6 atom stereocenters. The minimum absolute atomic E-state index is 0.0423. The van der Waals surface area contributed by atoms with Gasteiger partial charge in [0.25, 0.3) is 0 Å². The van der Waals surface area contributed by atoms with Gasteiger partial charge in [0, 0.05) is 15.7 Å². The van der Waals surface area contributed by atoms with Gasteiger partial charge in [-0.15, -0.1) is 0 Å². The summed E-state index contributed by atoms with van der Waals surface area (Å²) in [6.07, 6.45) is 10.2. The van der Waals surface area contributed by atoms with Gasteiger partial charge in [-0.25, -0.2) is 0 Å². The zero-order valence-corrected chi connectivity index (χ0v) is 16.8. The van der Waals surface area contributed by atoms with Crippen LogP contribution in [-0.4, -0.2) is 38.8 Å². The highest BCUT2D eigenvalue weighted by Crippen LogP contribution is 2.65. The second kappa shape index (κ2) is 5.73. The lowest BCUT2D eigenvalue weighted by atomic mass is 9.51.